The molecule has 1 saturated carbocycles. The molecule has 5 aromatic rings. The molecule has 1 fully saturated rings. The molecule has 1 aliphatic carbocycles. The van der Waals surface area contributed by atoms with E-state index in [2.05, 4.69) is 15.0 Å². The predicted molar refractivity (Wildman–Crippen MR) is 143 cm³/mol. The van der Waals surface area contributed by atoms with Crippen molar-refractivity contribution in [3.8, 4) is 28.3 Å². The predicted octanol–water partition coefficient (Wildman–Crippen LogP) is 7.51. The molecule has 0 amide bonds. The van der Waals surface area contributed by atoms with Crippen LogP contribution in [0.4, 0.5) is 13.2 Å². The molecule has 0 spiro atoms. The largest absolute Gasteiger partial charge is 0.573 e. The molecule has 0 unspecified atom stereocenters. The first-order chi connectivity index (χ1) is 19.2. The number of aromatic carboxylic acids is 1. The zero-order chi connectivity index (χ0) is 28.0. The number of hydrogen-bond acceptors (Lipinski definition) is 6. The van der Waals surface area contributed by atoms with Gasteiger partial charge in [-0.1, -0.05) is 35.5 Å². The van der Waals surface area contributed by atoms with Crippen molar-refractivity contribution >= 4 is 27.4 Å². The van der Waals surface area contributed by atoms with E-state index in [1.165, 1.54) is 34.2 Å². The number of para-hydroxylation sites is 2. The van der Waals surface area contributed by atoms with Gasteiger partial charge < -0.3 is 14.6 Å². The highest BCUT2D eigenvalue weighted by atomic mass is 32.1. The molecule has 0 saturated heterocycles. The third-order valence-electron chi connectivity index (χ3n) is 6.77. The smallest absolute Gasteiger partial charge is 0.487 e. The Bertz CT molecular complexity index is 1740. The first-order valence-corrected chi connectivity index (χ1v) is 13.3. The molecule has 2 aromatic heterocycles. The molecule has 40 heavy (non-hydrogen) atoms. The van der Waals surface area contributed by atoms with Crippen LogP contribution >= 0.6 is 11.3 Å². The Kier molecular flexibility index (Phi) is 6.46. The maximum atomic E-state index is 13.0. The number of carbonyl (C=O) groups is 1. The molecule has 0 radical (unpaired) electrons. The van der Waals surface area contributed by atoms with Crippen molar-refractivity contribution in [2.45, 2.75) is 38.7 Å². The van der Waals surface area contributed by atoms with E-state index in [0.29, 0.717) is 28.1 Å². The highest BCUT2D eigenvalue weighted by molar-refractivity contribution is 7.17. The van der Waals surface area contributed by atoms with Gasteiger partial charge in [-0.05, 0) is 66.8 Å². The topological polar surface area (TPSA) is 86.5 Å². The summed E-state index contributed by atoms with van der Waals surface area (Å²) in [6.45, 7) is 2.01. The monoisotopic (exact) mass is 565 g/mol. The van der Waals surface area contributed by atoms with Crippen LogP contribution in [0.15, 0.2) is 66.0 Å². The van der Waals surface area contributed by atoms with E-state index in [4.69, 9.17) is 4.74 Å². The molecule has 1 aliphatic rings. The third-order valence-corrected chi connectivity index (χ3v) is 7.71. The lowest BCUT2D eigenvalue weighted by atomic mass is 9.99. The summed E-state index contributed by atoms with van der Waals surface area (Å²) in [5.41, 5.74) is 4.57. The summed E-state index contributed by atoms with van der Waals surface area (Å²) < 4.78 is 51.7. The first kappa shape index (κ1) is 25.9. The lowest BCUT2D eigenvalue weighted by Gasteiger charge is -2.15. The standard InChI is InChI=1S/C29H22F3N3O4S/c1-16-12-19(9-11-20(16)18-8-10-21-22(28(36)37)15-40-26(21)13-18)38-14-24-27(17-6-7-17)33-34-35(24)23-4-2-3-5-25(23)39-29(30,31)32/h2-5,8-13,15,17H,6-7,14H2,1H3,(H,36,37). The summed E-state index contributed by atoms with van der Waals surface area (Å²) in [7, 11) is 0. The number of fused-ring (bicyclic) bond motifs is 1. The average Bonchev–Trinajstić information content (AvgIpc) is 3.52. The van der Waals surface area contributed by atoms with Crippen molar-refractivity contribution in [2.75, 3.05) is 0 Å². The minimum absolute atomic E-state index is 0.0527. The molecular formula is C29H22F3N3O4S. The Morgan fingerprint density at radius 1 is 1.12 bits per heavy atom. The highest BCUT2D eigenvalue weighted by Gasteiger charge is 2.34. The van der Waals surface area contributed by atoms with E-state index >= 15 is 0 Å². The van der Waals surface area contributed by atoms with Crippen LogP contribution < -0.4 is 9.47 Å². The number of hydrogen-bond donors (Lipinski definition) is 1. The number of thiophene rings is 1. The maximum Gasteiger partial charge on any atom is 0.573 e. The van der Waals surface area contributed by atoms with Crippen LogP contribution in [0.1, 0.15) is 46.1 Å². The molecule has 1 N–H and O–H groups in total. The van der Waals surface area contributed by atoms with E-state index in [1.54, 1.807) is 11.4 Å². The third kappa shape index (κ3) is 5.12. The molecule has 2 heterocycles. The van der Waals surface area contributed by atoms with Gasteiger partial charge >= 0.3 is 12.3 Å². The van der Waals surface area contributed by atoms with Crippen molar-refractivity contribution in [2.24, 2.45) is 0 Å². The molecule has 0 atom stereocenters. The number of rotatable bonds is 8. The second-order valence-corrected chi connectivity index (χ2v) is 10.5. The Hall–Kier alpha value is -4.38. The van der Waals surface area contributed by atoms with Gasteiger partial charge in [-0.2, -0.15) is 0 Å². The van der Waals surface area contributed by atoms with Crippen LogP contribution in [0.25, 0.3) is 26.9 Å². The van der Waals surface area contributed by atoms with E-state index in [1.807, 2.05) is 43.3 Å². The Morgan fingerprint density at radius 2 is 1.93 bits per heavy atom. The number of aromatic nitrogens is 3. The van der Waals surface area contributed by atoms with Gasteiger partial charge in [0.05, 0.1) is 11.3 Å². The molecule has 7 nitrogen and oxygen atoms in total. The number of carboxylic acids is 1. The lowest BCUT2D eigenvalue weighted by Crippen LogP contribution is -2.19. The molecule has 6 rings (SSSR count). The van der Waals surface area contributed by atoms with Crippen LogP contribution in [-0.4, -0.2) is 32.4 Å². The molecular weight excluding hydrogens is 543 g/mol. The van der Waals surface area contributed by atoms with Gasteiger partial charge in [0.1, 0.15) is 23.7 Å². The second kappa shape index (κ2) is 9.98. The van der Waals surface area contributed by atoms with Gasteiger partial charge in [0.2, 0.25) is 0 Å². The van der Waals surface area contributed by atoms with Gasteiger partial charge in [-0.15, -0.1) is 29.6 Å². The highest BCUT2D eigenvalue weighted by Crippen LogP contribution is 2.42. The lowest BCUT2D eigenvalue weighted by molar-refractivity contribution is -0.274. The fourth-order valence-corrected chi connectivity index (χ4v) is 5.69. The first-order valence-electron chi connectivity index (χ1n) is 12.5. The number of alkyl halides is 3. The quantitative estimate of drug-likeness (QED) is 0.210. The van der Waals surface area contributed by atoms with Gasteiger partial charge in [-0.3, -0.25) is 0 Å². The summed E-state index contributed by atoms with van der Waals surface area (Å²) in [6, 6.07) is 17.2. The van der Waals surface area contributed by atoms with Crippen molar-refractivity contribution in [3.05, 3.63) is 88.6 Å². The van der Waals surface area contributed by atoms with E-state index in [-0.39, 0.29) is 24.0 Å². The molecule has 0 aliphatic heterocycles. The summed E-state index contributed by atoms with van der Waals surface area (Å²) in [4.78, 5) is 11.4. The van der Waals surface area contributed by atoms with E-state index in [9.17, 15) is 23.1 Å². The fourth-order valence-electron chi connectivity index (χ4n) is 4.72. The Labute approximate surface area is 230 Å². The molecule has 11 heteroatoms. The minimum Gasteiger partial charge on any atom is -0.487 e. The van der Waals surface area contributed by atoms with Crippen LogP contribution in [0.3, 0.4) is 0 Å². The van der Waals surface area contributed by atoms with Crippen molar-refractivity contribution in [3.63, 3.8) is 0 Å². The van der Waals surface area contributed by atoms with Gasteiger partial charge in [0.25, 0.3) is 0 Å². The van der Waals surface area contributed by atoms with Gasteiger partial charge in [0.15, 0.2) is 5.75 Å². The van der Waals surface area contributed by atoms with Gasteiger partial charge in [0, 0.05) is 21.4 Å². The van der Waals surface area contributed by atoms with Crippen molar-refractivity contribution < 1.29 is 32.5 Å². The van der Waals surface area contributed by atoms with Crippen molar-refractivity contribution in [1.82, 2.24) is 15.0 Å². The Morgan fingerprint density at radius 3 is 2.65 bits per heavy atom. The maximum absolute atomic E-state index is 13.0. The number of carboxylic acid groups (broad SMARTS) is 1. The molecule has 3 aromatic carbocycles. The number of nitrogens with zero attached hydrogens (tertiary/aromatic N) is 3. The van der Waals surface area contributed by atoms with E-state index < -0.39 is 12.3 Å². The van der Waals surface area contributed by atoms with Crippen LogP contribution in [0, 0.1) is 6.92 Å². The zero-order valence-corrected chi connectivity index (χ0v) is 21.9. The average molecular weight is 566 g/mol. The Balaban J connectivity index is 1.27. The normalized spacial score (nSPS) is 13.5. The van der Waals surface area contributed by atoms with Crippen LogP contribution in [0.5, 0.6) is 11.5 Å². The zero-order valence-electron chi connectivity index (χ0n) is 21.1. The number of aryl methyl sites for hydroxylation is 1. The van der Waals surface area contributed by atoms with Crippen molar-refractivity contribution in [1.29, 1.82) is 0 Å². The molecule has 204 valence electrons. The second-order valence-electron chi connectivity index (χ2n) is 9.55. The number of halogens is 3. The number of benzene rings is 3. The SMILES string of the molecule is Cc1cc(OCc2c(C3CC3)nnn2-c2ccccc2OC(F)(F)F)ccc1-c1ccc2c(C(=O)O)csc2c1. The summed E-state index contributed by atoms with van der Waals surface area (Å²) >= 11 is 1.39. The summed E-state index contributed by atoms with van der Waals surface area (Å²) in [6.07, 6.45) is -2.98. The molecule has 0 bridgehead atoms. The van der Waals surface area contributed by atoms with Crippen LogP contribution in [-0.2, 0) is 6.61 Å². The van der Waals surface area contributed by atoms with E-state index in [0.717, 1.165) is 34.2 Å². The minimum atomic E-state index is -4.85. The fraction of sp³-hybridized carbons (Fsp3) is 0.207. The van der Waals surface area contributed by atoms with Crippen LogP contribution in [0.2, 0.25) is 0 Å². The number of ether oxygens (including phenoxy) is 2. The van der Waals surface area contributed by atoms with Gasteiger partial charge in [-0.25, -0.2) is 9.48 Å². The summed E-state index contributed by atoms with van der Waals surface area (Å²) in [5, 5.41) is 20.2. The summed E-state index contributed by atoms with van der Waals surface area (Å²) in [5.74, 6) is -0.543.